The van der Waals surface area contributed by atoms with Crippen molar-refractivity contribution in [1.29, 1.82) is 0 Å². The highest BCUT2D eigenvalue weighted by Gasteiger charge is 2.32. The zero-order valence-electron chi connectivity index (χ0n) is 13.1. The molecule has 1 aromatic heterocycles. The molecular weight excluding hydrogens is 284 g/mol. The molecule has 0 radical (unpaired) electrons. The van der Waals surface area contributed by atoms with Crippen molar-refractivity contribution in [2.45, 2.75) is 32.8 Å². The Morgan fingerprint density at radius 1 is 1.14 bits per heavy atom. The van der Waals surface area contributed by atoms with E-state index in [-0.39, 0.29) is 17.9 Å². The van der Waals surface area contributed by atoms with Gasteiger partial charge < -0.3 is 19.0 Å². The van der Waals surface area contributed by atoms with E-state index >= 15 is 0 Å². The Kier molecular flexibility index (Phi) is 4.20. The average Bonchev–Trinajstić information content (AvgIpc) is 3.15. The molecule has 0 aromatic carbocycles. The van der Waals surface area contributed by atoms with Gasteiger partial charge in [-0.2, -0.15) is 0 Å². The first-order valence-corrected chi connectivity index (χ1v) is 7.83. The molecule has 120 valence electrons. The van der Waals surface area contributed by atoms with E-state index in [9.17, 15) is 9.59 Å². The molecule has 2 aliphatic rings. The summed E-state index contributed by atoms with van der Waals surface area (Å²) in [6.45, 7) is 6.57. The van der Waals surface area contributed by atoms with Gasteiger partial charge in [0.25, 0.3) is 11.8 Å². The molecule has 0 N–H and O–H groups in total. The highest BCUT2D eigenvalue weighted by molar-refractivity contribution is 5.95. The minimum Gasteiger partial charge on any atom is -0.466 e. The summed E-state index contributed by atoms with van der Waals surface area (Å²) in [5.41, 5.74) is 0.622. The van der Waals surface area contributed by atoms with Crippen molar-refractivity contribution < 1.29 is 18.7 Å². The second-order valence-electron chi connectivity index (χ2n) is 5.95. The van der Waals surface area contributed by atoms with Crippen LogP contribution in [0.1, 0.15) is 34.7 Å². The van der Waals surface area contributed by atoms with Crippen molar-refractivity contribution in [1.82, 2.24) is 9.80 Å². The van der Waals surface area contributed by atoms with Crippen LogP contribution in [-0.2, 0) is 9.53 Å². The average molecular weight is 306 g/mol. The van der Waals surface area contributed by atoms with Crippen LogP contribution in [0.25, 0.3) is 0 Å². The number of aryl methyl sites for hydroxylation is 2. The Labute approximate surface area is 130 Å². The van der Waals surface area contributed by atoms with Gasteiger partial charge in [0.05, 0.1) is 5.56 Å². The maximum Gasteiger partial charge on any atom is 0.257 e. The lowest BCUT2D eigenvalue weighted by atomic mass is 10.1. The van der Waals surface area contributed by atoms with Crippen LogP contribution in [0, 0.1) is 13.8 Å². The molecular formula is C16H22N2O4. The summed E-state index contributed by atoms with van der Waals surface area (Å²) in [5, 5.41) is 0. The van der Waals surface area contributed by atoms with Crippen molar-refractivity contribution in [3.05, 3.63) is 23.2 Å². The summed E-state index contributed by atoms with van der Waals surface area (Å²) in [7, 11) is 0. The van der Waals surface area contributed by atoms with Gasteiger partial charge >= 0.3 is 0 Å². The minimum absolute atomic E-state index is 0.0152. The predicted molar refractivity (Wildman–Crippen MR) is 79.6 cm³/mol. The maximum atomic E-state index is 12.5. The molecule has 6 nitrogen and oxygen atoms in total. The molecule has 0 bridgehead atoms. The van der Waals surface area contributed by atoms with Gasteiger partial charge in [-0.1, -0.05) is 0 Å². The molecule has 22 heavy (non-hydrogen) atoms. The van der Waals surface area contributed by atoms with Crippen LogP contribution < -0.4 is 0 Å². The van der Waals surface area contributed by atoms with Gasteiger partial charge in [-0.05, 0) is 32.8 Å². The fourth-order valence-electron chi connectivity index (χ4n) is 3.12. The lowest BCUT2D eigenvalue weighted by molar-refractivity contribution is -0.142. The monoisotopic (exact) mass is 306 g/mol. The summed E-state index contributed by atoms with van der Waals surface area (Å²) in [5.74, 6) is 1.45. The standard InChI is InChI=1S/C16H22N2O4/c1-11-10-13(12(2)22-11)15(19)17-5-7-18(8-6-17)16(20)14-4-3-9-21-14/h10,14H,3-9H2,1-2H3. The molecule has 1 atom stereocenters. The number of amides is 2. The van der Waals surface area contributed by atoms with Crippen LogP contribution in [0.5, 0.6) is 0 Å². The number of carbonyl (C=O) groups excluding carboxylic acids is 2. The Balaban J connectivity index is 1.58. The van der Waals surface area contributed by atoms with Crippen LogP contribution in [0.4, 0.5) is 0 Å². The molecule has 0 spiro atoms. The van der Waals surface area contributed by atoms with E-state index in [0.717, 1.165) is 18.6 Å². The van der Waals surface area contributed by atoms with Gasteiger partial charge in [0.15, 0.2) is 0 Å². The van der Waals surface area contributed by atoms with E-state index < -0.39 is 0 Å². The smallest absolute Gasteiger partial charge is 0.257 e. The van der Waals surface area contributed by atoms with E-state index in [1.807, 2.05) is 11.8 Å². The van der Waals surface area contributed by atoms with Crippen molar-refractivity contribution >= 4 is 11.8 Å². The summed E-state index contributed by atoms with van der Waals surface area (Å²) < 4.78 is 10.9. The molecule has 2 saturated heterocycles. The summed E-state index contributed by atoms with van der Waals surface area (Å²) >= 11 is 0. The number of rotatable bonds is 2. The number of piperazine rings is 1. The summed E-state index contributed by atoms with van der Waals surface area (Å²) in [4.78, 5) is 28.4. The Hall–Kier alpha value is -1.82. The third-order valence-electron chi connectivity index (χ3n) is 4.36. The number of furan rings is 1. The molecule has 0 saturated carbocycles. The van der Waals surface area contributed by atoms with Gasteiger partial charge in [-0.3, -0.25) is 9.59 Å². The van der Waals surface area contributed by atoms with Crippen LogP contribution in [0.2, 0.25) is 0 Å². The quantitative estimate of drug-likeness (QED) is 0.827. The second-order valence-corrected chi connectivity index (χ2v) is 5.95. The van der Waals surface area contributed by atoms with E-state index in [0.29, 0.717) is 44.1 Å². The molecule has 6 heteroatoms. The number of hydrogen-bond donors (Lipinski definition) is 0. The molecule has 3 rings (SSSR count). The zero-order valence-corrected chi connectivity index (χ0v) is 13.1. The normalized spacial score (nSPS) is 22.2. The topological polar surface area (TPSA) is 63.0 Å². The van der Waals surface area contributed by atoms with Gasteiger partial charge in [-0.15, -0.1) is 0 Å². The second kappa shape index (κ2) is 6.12. The van der Waals surface area contributed by atoms with Gasteiger partial charge in [0.2, 0.25) is 0 Å². The van der Waals surface area contributed by atoms with E-state index in [4.69, 9.17) is 9.15 Å². The third-order valence-corrected chi connectivity index (χ3v) is 4.36. The number of carbonyl (C=O) groups is 2. The van der Waals surface area contributed by atoms with Gasteiger partial charge in [0.1, 0.15) is 17.6 Å². The Morgan fingerprint density at radius 2 is 1.82 bits per heavy atom. The highest BCUT2D eigenvalue weighted by atomic mass is 16.5. The van der Waals surface area contributed by atoms with E-state index in [1.165, 1.54) is 0 Å². The molecule has 1 unspecified atom stereocenters. The first-order valence-electron chi connectivity index (χ1n) is 7.83. The van der Waals surface area contributed by atoms with Crippen molar-refractivity contribution in [2.24, 2.45) is 0 Å². The van der Waals surface area contributed by atoms with E-state index in [1.54, 1.807) is 17.9 Å². The van der Waals surface area contributed by atoms with Crippen LogP contribution >= 0.6 is 0 Å². The van der Waals surface area contributed by atoms with Crippen molar-refractivity contribution in [2.75, 3.05) is 32.8 Å². The van der Waals surface area contributed by atoms with Crippen LogP contribution in [0.3, 0.4) is 0 Å². The Bertz CT molecular complexity index is 567. The molecule has 1 aromatic rings. The Morgan fingerprint density at radius 3 is 2.36 bits per heavy atom. The molecule has 2 aliphatic heterocycles. The van der Waals surface area contributed by atoms with Crippen molar-refractivity contribution in [3.63, 3.8) is 0 Å². The molecule has 0 aliphatic carbocycles. The summed E-state index contributed by atoms with van der Waals surface area (Å²) in [6.07, 6.45) is 1.49. The third kappa shape index (κ3) is 2.88. The van der Waals surface area contributed by atoms with Crippen molar-refractivity contribution in [3.8, 4) is 0 Å². The molecule has 3 heterocycles. The lowest BCUT2D eigenvalue weighted by Gasteiger charge is -2.35. The fraction of sp³-hybridized carbons (Fsp3) is 0.625. The number of nitrogens with zero attached hydrogens (tertiary/aromatic N) is 2. The van der Waals surface area contributed by atoms with Crippen LogP contribution in [-0.4, -0.2) is 60.5 Å². The number of ether oxygens (including phenoxy) is 1. The summed E-state index contributed by atoms with van der Waals surface area (Å²) in [6, 6.07) is 1.78. The minimum atomic E-state index is -0.277. The zero-order chi connectivity index (χ0) is 15.7. The first kappa shape index (κ1) is 15.1. The fourth-order valence-corrected chi connectivity index (χ4v) is 3.12. The largest absolute Gasteiger partial charge is 0.466 e. The maximum absolute atomic E-state index is 12.5. The number of hydrogen-bond acceptors (Lipinski definition) is 4. The molecule has 2 fully saturated rings. The van der Waals surface area contributed by atoms with Gasteiger partial charge in [0, 0.05) is 32.8 Å². The van der Waals surface area contributed by atoms with Crippen LogP contribution in [0.15, 0.2) is 10.5 Å². The van der Waals surface area contributed by atoms with E-state index in [2.05, 4.69) is 0 Å². The molecule has 2 amide bonds. The first-order chi connectivity index (χ1) is 10.6. The predicted octanol–water partition coefficient (Wildman–Crippen LogP) is 1.36. The van der Waals surface area contributed by atoms with Gasteiger partial charge in [-0.25, -0.2) is 0 Å². The SMILES string of the molecule is Cc1cc(C(=O)N2CCN(C(=O)C3CCCO3)CC2)c(C)o1. The lowest BCUT2D eigenvalue weighted by Crippen LogP contribution is -2.52. The highest BCUT2D eigenvalue weighted by Crippen LogP contribution is 2.19.